The summed E-state index contributed by atoms with van der Waals surface area (Å²) in [6.45, 7) is 2.00. The number of benzene rings is 1. The molecule has 1 aliphatic rings. The highest BCUT2D eigenvalue weighted by atomic mass is 16.5. The molecule has 0 aromatic heterocycles. The zero-order valence-electron chi connectivity index (χ0n) is 9.31. The summed E-state index contributed by atoms with van der Waals surface area (Å²) in [5.41, 5.74) is 2.55. The lowest BCUT2D eigenvalue weighted by Gasteiger charge is -2.11. The fraction of sp³-hybridized carbons (Fsp3) is 0.231. The number of carbonyl (C=O) groups excluding carboxylic acids is 1. The van der Waals surface area contributed by atoms with Gasteiger partial charge >= 0.3 is 5.97 Å². The number of rotatable bonds is 2. The number of nitrogens with zero attached hydrogens (tertiary/aromatic N) is 1. The number of hydrogen-bond acceptors (Lipinski definition) is 3. The number of esters is 1. The second kappa shape index (κ2) is 4.31. The van der Waals surface area contributed by atoms with Crippen molar-refractivity contribution in [2.45, 2.75) is 13.0 Å². The molecule has 0 bridgehead atoms. The Morgan fingerprint density at radius 1 is 1.38 bits per heavy atom. The number of carbonyl (C=O) groups is 1. The van der Waals surface area contributed by atoms with Crippen LogP contribution in [0.1, 0.15) is 22.8 Å². The summed E-state index contributed by atoms with van der Waals surface area (Å²) in [5.74, 6) is -0.310. The number of aliphatic imine (C=N–C) groups is 1. The minimum atomic E-state index is -0.310. The second-order valence-electron chi connectivity index (χ2n) is 3.63. The molecule has 82 valence electrons. The molecule has 0 spiro atoms. The van der Waals surface area contributed by atoms with E-state index in [9.17, 15) is 4.79 Å². The van der Waals surface area contributed by atoms with Crippen LogP contribution in [0.5, 0.6) is 0 Å². The smallest absolute Gasteiger partial charge is 0.338 e. The fourth-order valence-corrected chi connectivity index (χ4v) is 1.81. The minimum absolute atomic E-state index is 0.103. The maximum absolute atomic E-state index is 11.6. The molecule has 3 heteroatoms. The first kappa shape index (κ1) is 10.6. The van der Waals surface area contributed by atoms with Gasteiger partial charge in [0.2, 0.25) is 0 Å². The lowest BCUT2D eigenvalue weighted by molar-refractivity contribution is 0.0600. The number of allylic oxidation sites excluding steroid dienone is 1. The summed E-state index contributed by atoms with van der Waals surface area (Å²) in [5, 5.41) is 0. The summed E-state index contributed by atoms with van der Waals surface area (Å²) in [4.78, 5) is 15.9. The maximum Gasteiger partial charge on any atom is 0.338 e. The average Bonchev–Trinajstić information content (AvgIpc) is 2.74. The quantitative estimate of drug-likeness (QED) is 0.710. The minimum Gasteiger partial charge on any atom is -0.465 e. The number of ether oxygens (including phenoxy) is 1. The molecule has 0 aliphatic carbocycles. The van der Waals surface area contributed by atoms with Crippen molar-refractivity contribution in [1.29, 1.82) is 0 Å². The Balaban J connectivity index is 2.45. The van der Waals surface area contributed by atoms with Crippen molar-refractivity contribution in [3.8, 4) is 0 Å². The lowest BCUT2D eigenvalue weighted by Crippen LogP contribution is -2.08. The van der Waals surface area contributed by atoms with Gasteiger partial charge in [-0.1, -0.05) is 18.2 Å². The van der Waals surface area contributed by atoms with E-state index in [1.165, 1.54) is 7.11 Å². The summed E-state index contributed by atoms with van der Waals surface area (Å²) in [6.07, 6.45) is 3.71. The topological polar surface area (TPSA) is 38.7 Å². The van der Waals surface area contributed by atoms with Crippen LogP contribution >= 0.6 is 0 Å². The van der Waals surface area contributed by atoms with E-state index in [1.807, 2.05) is 31.2 Å². The van der Waals surface area contributed by atoms with Crippen LogP contribution in [0, 0.1) is 0 Å². The zero-order chi connectivity index (χ0) is 11.5. The van der Waals surface area contributed by atoms with Crippen molar-refractivity contribution < 1.29 is 9.53 Å². The van der Waals surface area contributed by atoms with Gasteiger partial charge < -0.3 is 4.74 Å². The third-order valence-corrected chi connectivity index (χ3v) is 2.66. The van der Waals surface area contributed by atoms with E-state index in [0.717, 1.165) is 11.1 Å². The summed E-state index contributed by atoms with van der Waals surface area (Å²) in [6, 6.07) is 7.53. The van der Waals surface area contributed by atoms with Crippen LogP contribution in [0.2, 0.25) is 0 Å². The first-order chi connectivity index (χ1) is 7.74. The van der Waals surface area contributed by atoms with E-state index in [2.05, 4.69) is 4.99 Å². The van der Waals surface area contributed by atoms with Crippen molar-refractivity contribution in [3.05, 3.63) is 41.5 Å². The van der Waals surface area contributed by atoms with Gasteiger partial charge in [0.1, 0.15) is 0 Å². The van der Waals surface area contributed by atoms with Crippen LogP contribution in [0.15, 0.2) is 35.3 Å². The van der Waals surface area contributed by atoms with Gasteiger partial charge in [-0.25, -0.2) is 4.79 Å². The molecule has 0 N–H and O–H groups in total. The molecule has 1 aliphatic heterocycles. The molecule has 1 heterocycles. The van der Waals surface area contributed by atoms with E-state index >= 15 is 0 Å². The molecule has 2 rings (SSSR count). The molecule has 1 unspecified atom stereocenters. The van der Waals surface area contributed by atoms with E-state index in [4.69, 9.17) is 4.74 Å². The Morgan fingerprint density at radius 3 is 2.75 bits per heavy atom. The highest BCUT2D eigenvalue weighted by Gasteiger charge is 2.19. The van der Waals surface area contributed by atoms with Crippen LogP contribution in [0.25, 0.3) is 5.57 Å². The molecule has 1 atom stereocenters. The Morgan fingerprint density at radius 2 is 2.12 bits per heavy atom. The number of hydrogen-bond donors (Lipinski definition) is 0. The van der Waals surface area contributed by atoms with Crippen molar-refractivity contribution in [1.82, 2.24) is 0 Å². The van der Waals surface area contributed by atoms with Gasteiger partial charge in [-0.3, -0.25) is 4.99 Å². The van der Waals surface area contributed by atoms with Crippen LogP contribution < -0.4 is 0 Å². The highest BCUT2D eigenvalue weighted by Crippen LogP contribution is 2.26. The van der Waals surface area contributed by atoms with Gasteiger partial charge in [0.05, 0.1) is 18.7 Å². The third-order valence-electron chi connectivity index (χ3n) is 2.66. The summed E-state index contributed by atoms with van der Waals surface area (Å²) < 4.78 is 4.76. The van der Waals surface area contributed by atoms with Gasteiger partial charge in [0.25, 0.3) is 0 Å². The molecule has 0 amide bonds. The molecular formula is C13H13NO2. The molecule has 3 nitrogen and oxygen atoms in total. The number of methoxy groups -OCH3 is 1. The zero-order valence-corrected chi connectivity index (χ0v) is 9.31. The van der Waals surface area contributed by atoms with Crippen molar-refractivity contribution in [3.63, 3.8) is 0 Å². The molecule has 0 saturated heterocycles. The van der Waals surface area contributed by atoms with Crippen molar-refractivity contribution in [2.24, 2.45) is 4.99 Å². The molecule has 1 aromatic carbocycles. The van der Waals surface area contributed by atoms with Gasteiger partial charge in [-0.2, -0.15) is 0 Å². The molecule has 0 saturated carbocycles. The van der Waals surface area contributed by atoms with Crippen LogP contribution in [-0.2, 0) is 4.74 Å². The first-order valence-corrected chi connectivity index (χ1v) is 5.15. The molecule has 1 aromatic rings. The predicted molar refractivity (Wildman–Crippen MR) is 63.7 cm³/mol. The van der Waals surface area contributed by atoms with E-state index in [0.29, 0.717) is 5.56 Å². The van der Waals surface area contributed by atoms with Gasteiger partial charge in [0, 0.05) is 6.21 Å². The maximum atomic E-state index is 11.6. The normalized spacial score (nSPS) is 18.4. The molecule has 0 radical (unpaired) electrons. The van der Waals surface area contributed by atoms with Gasteiger partial charge in [-0.05, 0) is 30.2 Å². The fourth-order valence-electron chi connectivity index (χ4n) is 1.81. The van der Waals surface area contributed by atoms with Gasteiger partial charge in [0.15, 0.2) is 0 Å². The predicted octanol–water partition coefficient (Wildman–Crippen LogP) is 2.33. The standard InChI is InChI=1S/C13H13NO2/c1-9-10(7-8-14-9)11-5-3-4-6-12(11)13(15)16-2/h3-9H,1-2H3. The highest BCUT2D eigenvalue weighted by molar-refractivity contribution is 6.00. The molecule has 0 fully saturated rings. The largest absolute Gasteiger partial charge is 0.465 e. The Kier molecular flexibility index (Phi) is 2.86. The second-order valence-corrected chi connectivity index (χ2v) is 3.63. The van der Waals surface area contributed by atoms with Crippen LogP contribution in [0.4, 0.5) is 0 Å². The summed E-state index contributed by atoms with van der Waals surface area (Å²) in [7, 11) is 1.39. The summed E-state index contributed by atoms with van der Waals surface area (Å²) >= 11 is 0. The monoisotopic (exact) mass is 215 g/mol. The third kappa shape index (κ3) is 1.76. The van der Waals surface area contributed by atoms with Crippen LogP contribution in [0.3, 0.4) is 0 Å². The average molecular weight is 215 g/mol. The molecule has 16 heavy (non-hydrogen) atoms. The first-order valence-electron chi connectivity index (χ1n) is 5.15. The Bertz CT molecular complexity index is 475. The molecular weight excluding hydrogens is 202 g/mol. The lowest BCUT2D eigenvalue weighted by atomic mass is 9.96. The van der Waals surface area contributed by atoms with Crippen LogP contribution in [-0.4, -0.2) is 25.3 Å². The van der Waals surface area contributed by atoms with Crippen molar-refractivity contribution in [2.75, 3.05) is 7.11 Å². The Hall–Kier alpha value is -1.90. The SMILES string of the molecule is COC(=O)c1ccccc1C1=CC=NC1C. The van der Waals surface area contributed by atoms with Crippen molar-refractivity contribution >= 4 is 17.8 Å². The van der Waals surface area contributed by atoms with E-state index < -0.39 is 0 Å². The van der Waals surface area contributed by atoms with E-state index in [-0.39, 0.29) is 12.0 Å². The Labute approximate surface area is 94.5 Å². The van der Waals surface area contributed by atoms with E-state index in [1.54, 1.807) is 12.3 Å². The van der Waals surface area contributed by atoms with Gasteiger partial charge in [-0.15, -0.1) is 0 Å².